The largest absolute Gasteiger partial charge is 0.363 e. The maximum absolute atomic E-state index is 12.1. The Bertz CT molecular complexity index is 533. The normalized spacial score (nSPS) is 21.7. The highest BCUT2D eigenvalue weighted by molar-refractivity contribution is 7.10. The predicted octanol–water partition coefficient (Wildman–Crippen LogP) is 1.27. The molecule has 5 nitrogen and oxygen atoms in total. The van der Waals surface area contributed by atoms with Gasteiger partial charge in [-0.05, 0) is 30.4 Å². The highest BCUT2D eigenvalue weighted by Gasteiger charge is 2.39. The van der Waals surface area contributed by atoms with Crippen molar-refractivity contribution in [2.75, 3.05) is 26.2 Å². The SMILES string of the molecule is O=C1COC2(CCN(C(=O)/C=C/c3cccs3)CC2)CN1. The maximum Gasteiger partial charge on any atom is 0.246 e. The van der Waals surface area contributed by atoms with E-state index in [4.69, 9.17) is 4.74 Å². The molecule has 2 amide bonds. The first-order valence-electron chi connectivity index (χ1n) is 7.08. The van der Waals surface area contributed by atoms with E-state index in [-0.39, 0.29) is 24.0 Å². The average molecular weight is 306 g/mol. The number of piperidine rings is 1. The predicted molar refractivity (Wildman–Crippen MR) is 80.9 cm³/mol. The molecule has 1 aromatic heterocycles. The molecule has 2 aliphatic heterocycles. The van der Waals surface area contributed by atoms with Crippen molar-refractivity contribution in [2.24, 2.45) is 0 Å². The number of carbonyl (C=O) groups is 2. The van der Waals surface area contributed by atoms with Crippen LogP contribution in [0.1, 0.15) is 17.7 Å². The molecule has 6 heteroatoms. The molecule has 0 unspecified atom stereocenters. The van der Waals surface area contributed by atoms with Crippen LogP contribution in [0.5, 0.6) is 0 Å². The maximum atomic E-state index is 12.1. The van der Waals surface area contributed by atoms with Gasteiger partial charge >= 0.3 is 0 Å². The number of nitrogens with zero attached hydrogens (tertiary/aromatic N) is 1. The zero-order chi connectivity index (χ0) is 14.7. The molecular formula is C15H18N2O3S. The molecule has 1 spiro atoms. The molecule has 2 aliphatic rings. The van der Waals surface area contributed by atoms with Crippen LogP contribution < -0.4 is 5.32 Å². The second kappa shape index (κ2) is 5.99. The number of amides is 2. The monoisotopic (exact) mass is 306 g/mol. The summed E-state index contributed by atoms with van der Waals surface area (Å²) in [7, 11) is 0. The molecule has 0 bridgehead atoms. The number of thiophene rings is 1. The zero-order valence-electron chi connectivity index (χ0n) is 11.7. The van der Waals surface area contributed by atoms with Crippen LogP contribution in [-0.2, 0) is 14.3 Å². The van der Waals surface area contributed by atoms with Gasteiger partial charge in [-0.15, -0.1) is 11.3 Å². The fraction of sp³-hybridized carbons (Fsp3) is 0.467. The number of ether oxygens (including phenoxy) is 1. The molecule has 112 valence electrons. The molecule has 0 atom stereocenters. The van der Waals surface area contributed by atoms with Crippen molar-refractivity contribution >= 4 is 29.2 Å². The summed E-state index contributed by atoms with van der Waals surface area (Å²) in [6.45, 7) is 2.03. The molecule has 1 aromatic rings. The van der Waals surface area contributed by atoms with E-state index < -0.39 is 0 Å². The van der Waals surface area contributed by atoms with Crippen molar-refractivity contribution in [1.82, 2.24) is 10.2 Å². The summed E-state index contributed by atoms with van der Waals surface area (Å²) in [6.07, 6.45) is 5.03. The molecule has 0 radical (unpaired) electrons. The number of nitrogens with one attached hydrogen (secondary N) is 1. The lowest BCUT2D eigenvalue weighted by Crippen LogP contribution is -2.57. The van der Waals surface area contributed by atoms with Crippen molar-refractivity contribution in [1.29, 1.82) is 0 Å². The summed E-state index contributed by atoms with van der Waals surface area (Å²) in [4.78, 5) is 26.2. The van der Waals surface area contributed by atoms with Crippen LogP contribution in [0, 0.1) is 0 Å². The smallest absolute Gasteiger partial charge is 0.246 e. The van der Waals surface area contributed by atoms with Gasteiger partial charge in [0.1, 0.15) is 6.61 Å². The van der Waals surface area contributed by atoms with Gasteiger partial charge in [0, 0.05) is 30.6 Å². The first-order valence-corrected chi connectivity index (χ1v) is 7.96. The lowest BCUT2D eigenvalue weighted by Gasteiger charge is -2.43. The van der Waals surface area contributed by atoms with Crippen molar-refractivity contribution < 1.29 is 14.3 Å². The highest BCUT2D eigenvalue weighted by Crippen LogP contribution is 2.27. The van der Waals surface area contributed by atoms with E-state index in [0.717, 1.165) is 17.7 Å². The summed E-state index contributed by atoms with van der Waals surface area (Å²) in [5.41, 5.74) is -0.276. The molecule has 0 saturated carbocycles. The van der Waals surface area contributed by atoms with Crippen molar-refractivity contribution in [3.8, 4) is 0 Å². The third kappa shape index (κ3) is 3.33. The van der Waals surface area contributed by atoms with E-state index in [0.29, 0.717) is 19.6 Å². The highest BCUT2D eigenvalue weighted by atomic mass is 32.1. The molecule has 21 heavy (non-hydrogen) atoms. The second-order valence-electron chi connectivity index (χ2n) is 5.42. The molecule has 1 N–H and O–H groups in total. The number of hydrogen-bond acceptors (Lipinski definition) is 4. The topological polar surface area (TPSA) is 58.6 Å². The number of rotatable bonds is 2. The Balaban J connectivity index is 1.53. The molecule has 3 heterocycles. The van der Waals surface area contributed by atoms with Crippen LogP contribution in [0.15, 0.2) is 23.6 Å². The second-order valence-corrected chi connectivity index (χ2v) is 6.40. The van der Waals surface area contributed by atoms with Gasteiger partial charge in [-0.25, -0.2) is 0 Å². The summed E-state index contributed by atoms with van der Waals surface area (Å²) >= 11 is 1.61. The minimum Gasteiger partial charge on any atom is -0.363 e. The zero-order valence-corrected chi connectivity index (χ0v) is 12.5. The van der Waals surface area contributed by atoms with Crippen LogP contribution in [0.25, 0.3) is 6.08 Å². The van der Waals surface area contributed by atoms with Crippen molar-refractivity contribution in [3.63, 3.8) is 0 Å². The molecule has 0 aromatic carbocycles. The van der Waals surface area contributed by atoms with Crippen LogP contribution in [-0.4, -0.2) is 48.6 Å². The van der Waals surface area contributed by atoms with E-state index in [9.17, 15) is 9.59 Å². The van der Waals surface area contributed by atoms with Gasteiger partial charge < -0.3 is 15.0 Å². The van der Waals surface area contributed by atoms with Gasteiger partial charge in [-0.3, -0.25) is 9.59 Å². The summed E-state index contributed by atoms with van der Waals surface area (Å²) in [5, 5.41) is 4.84. The molecule has 0 aliphatic carbocycles. The Hall–Kier alpha value is -1.66. The van der Waals surface area contributed by atoms with Gasteiger partial charge in [0.15, 0.2) is 0 Å². The number of hydrogen-bond donors (Lipinski definition) is 1. The first kappa shape index (κ1) is 14.3. The summed E-state index contributed by atoms with van der Waals surface area (Å²) in [6, 6.07) is 3.95. The molecule has 2 saturated heterocycles. The Kier molecular flexibility index (Phi) is 4.07. The van der Waals surface area contributed by atoms with Gasteiger partial charge in [-0.2, -0.15) is 0 Å². The van der Waals surface area contributed by atoms with E-state index >= 15 is 0 Å². The Morgan fingerprint density at radius 1 is 1.43 bits per heavy atom. The van der Waals surface area contributed by atoms with E-state index in [1.807, 2.05) is 28.5 Å². The third-order valence-electron chi connectivity index (χ3n) is 4.04. The van der Waals surface area contributed by atoms with E-state index in [1.165, 1.54) is 0 Å². The molecule has 3 rings (SSSR count). The van der Waals surface area contributed by atoms with Crippen LogP contribution in [0.2, 0.25) is 0 Å². The van der Waals surface area contributed by atoms with Crippen LogP contribution >= 0.6 is 11.3 Å². The quantitative estimate of drug-likeness (QED) is 0.837. The van der Waals surface area contributed by atoms with E-state index in [1.54, 1.807) is 17.4 Å². The molecular weight excluding hydrogens is 288 g/mol. The number of likely N-dealkylation sites (tertiary alicyclic amines) is 1. The summed E-state index contributed by atoms with van der Waals surface area (Å²) in [5.74, 6) is -0.0175. The van der Waals surface area contributed by atoms with Crippen molar-refractivity contribution in [3.05, 3.63) is 28.5 Å². The minimum absolute atomic E-state index is 0.0399. The fourth-order valence-corrected chi connectivity index (χ4v) is 3.30. The Morgan fingerprint density at radius 2 is 2.24 bits per heavy atom. The van der Waals surface area contributed by atoms with Gasteiger partial charge in [0.05, 0.1) is 5.60 Å². The minimum atomic E-state index is -0.276. The van der Waals surface area contributed by atoms with Gasteiger partial charge in [0.2, 0.25) is 11.8 Å². The Labute approximate surface area is 127 Å². The third-order valence-corrected chi connectivity index (χ3v) is 4.87. The number of carbonyl (C=O) groups excluding carboxylic acids is 2. The average Bonchev–Trinajstić information content (AvgIpc) is 3.02. The molecule has 2 fully saturated rings. The fourth-order valence-electron chi connectivity index (χ4n) is 2.68. The van der Waals surface area contributed by atoms with Gasteiger partial charge in [0.25, 0.3) is 0 Å². The van der Waals surface area contributed by atoms with Crippen LogP contribution in [0.4, 0.5) is 0 Å². The first-order chi connectivity index (χ1) is 10.2. The van der Waals surface area contributed by atoms with Crippen molar-refractivity contribution in [2.45, 2.75) is 18.4 Å². The lowest BCUT2D eigenvalue weighted by atomic mass is 9.90. The standard InChI is InChI=1S/C15H18N2O3S/c18-13-10-20-15(11-16-13)5-7-17(8-6-15)14(19)4-3-12-2-1-9-21-12/h1-4,9H,5-8,10-11H2,(H,16,18)/b4-3+. The van der Waals surface area contributed by atoms with E-state index in [2.05, 4.69) is 5.32 Å². The van der Waals surface area contributed by atoms with Crippen LogP contribution in [0.3, 0.4) is 0 Å². The van der Waals surface area contributed by atoms with Gasteiger partial charge in [-0.1, -0.05) is 6.07 Å². The number of morpholine rings is 1. The summed E-state index contributed by atoms with van der Waals surface area (Å²) < 4.78 is 5.70. The lowest BCUT2D eigenvalue weighted by molar-refractivity contribution is -0.153. The Morgan fingerprint density at radius 3 is 2.86 bits per heavy atom.